The van der Waals surface area contributed by atoms with Crippen LogP contribution in [0, 0.1) is 6.92 Å². The highest BCUT2D eigenvalue weighted by Gasteiger charge is 2.24. The van der Waals surface area contributed by atoms with Crippen molar-refractivity contribution in [2.24, 2.45) is 0 Å². The van der Waals surface area contributed by atoms with E-state index in [0.717, 1.165) is 41.7 Å². The Morgan fingerprint density at radius 3 is 2.77 bits per heavy atom. The summed E-state index contributed by atoms with van der Waals surface area (Å²) >= 11 is 1.48. The van der Waals surface area contributed by atoms with E-state index >= 15 is 0 Å². The second-order valence-corrected chi connectivity index (χ2v) is 8.71. The van der Waals surface area contributed by atoms with Gasteiger partial charge >= 0.3 is 5.69 Å². The smallest absolute Gasteiger partial charge is 0.332 e. The molecule has 0 spiro atoms. The van der Waals surface area contributed by atoms with Crippen LogP contribution < -0.4 is 16.6 Å². The maximum absolute atomic E-state index is 13.2. The summed E-state index contributed by atoms with van der Waals surface area (Å²) in [4.78, 5) is 40.8. The van der Waals surface area contributed by atoms with Crippen LogP contribution in [0.25, 0.3) is 10.2 Å². The number of fused-ring (bicyclic) bond motifs is 3. The van der Waals surface area contributed by atoms with Gasteiger partial charge in [0.05, 0.1) is 18.5 Å². The van der Waals surface area contributed by atoms with E-state index in [9.17, 15) is 14.4 Å². The molecule has 0 saturated carbocycles. The van der Waals surface area contributed by atoms with E-state index in [1.807, 2.05) is 31.2 Å². The van der Waals surface area contributed by atoms with Gasteiger partial charge in [0.2, 0.25) is 5.91 Å². The van der Waals surface area contributed by atoms with Crippen molar-refractivity contribution in [2.75, 3.05) is 19.0 Å². The summed E-state index contributed by atoms with van der Waals surface area (Å²) in [6, 6.07) is 7.51. The molecule has 1 aliphatic carbocycles. The summed E-state index contributed by atoms with van der Waals surface area (Å²) in [5, 5.41) is 3.45. The first-order valence-electron chi connectivity index (χ1n) is 10.1. The zero-order chi connectivity index (χ0) is 21.3. The molecule has 30 heavy (non-hydrogen) atoms. The van der Waals surface area contributed by atoms with Gasteiger partial charge in [-0.15, -0.1) is 11.3 Å². The molecule has 0 atom stereocenters. The van der Waals surface area contributed by atoms with Crippen molar-refractivity contribution < 1.29 is 9.53 Å². The number of carbonyl (C=O) groups is 1. The van der Waals surface area contributed by atoms with E-state index in [1.54, 1.807) is 0 Å². The molecule has 3 aromatic rings. The number of aromatic nitrogens is 2. The second-order valence-electron chi connectivity index (χ2n) is 7.63. The van der Waals surface area contributed by atoms with Crippen LogP contribution in [-0.2, 0) is 35.5 Å². The van der Waals surface area contributed by atoms with Crippen LogP contribution in [0.3, 0.4) is 0 Å². The van der Waals surface area contributed by atoms with Crippen LogP contribution in [0.15, 0.2) is 33.9 Å². The highest BCUT2D eigenvalue weighted by atomic mass is 32.1. The van der Waals surface area contributed by atoms with Crippen molar-refractivity contribution in [3.63, 3.8) is 0 Å². The third-order valence-electron chi connectivity index (χ3n) is 5.44. The topological polar surface area (TPSA) is 82.3 Å². The van der Waals surface area contributed by atoms with Crippen molar-refractivity contribution in [2.45, 2.75) is 45.7 Å². The van der Waals surface area contributed by atoms with Crippen LogP contribution in [0.1, 0.15) is 28.8 Å². The minimum absolute atomic E-state index is 0.143. The van der Waals surface area contributed by atoms with Crippen molar-refractivity contribution in [3.8, 4) is 0 Å². The molecule has 1 N–H and O–H groups in total. The Balaban J connectivity index is 1.79. The molecule has 0 bridgehead atoms. The fourth-order valence-corrected chi connectivity index (χ4v) is 5.38. The van der Waals surface area contributed by atoms with Gasteiger partial charge in [0.1, 0.15) is 11.4 Å². The predicted molar refractivity (Wildman–Crippen MR) is 119 cm³/mol. The fourth-order valence-electron chi connectivity index (χ4n) is 4.00. The summed E-state index contributed by atoms with van der Waals surface area (Å²) in [6.45, 7) is 2.22. The summed E-state index contributed by atoms with van der Waals surface area (Å²) in [5.74, 6) is -0.299. The number of rotatable bonds is 6. The highest BCUT2D eigenvalue weighted by molar-refractivity contribution is 7.18. The van der Waals surface area contributed by atoms with Gasteiger partial charge in [-0.3, -0.25) is 18.7 Å². The Morgan fingerprint density at radius 2 is 2.00 bits per heavy atom. The predicted octanol–water partition coefficient (Wildman–Crippen LogP) is 2.70. The molecule has 0 radical (unpaired) electrons. The number of nitrogens with one attached hydrogen (secondary N) is 1. The number of aryl methyl sites for hydroxylation is 3. The van der Waals surface area contributed by atoms with Crippen LogP contribution in [0.2, 0.25) is 0 Å². The molecule has 0 saturated heterocycles. The second kappa shape index (κ2) is 8.57. The van der Waals surface area contributed by atoms with Crippen LogP contribution >= 0.6 is 11.3 Å². The minimum Gasteiger partial charge on any atom is -0.383 e. The molecule has 0 aliphatic heterocycles. The quantitative estimate of drug-likeness (QED) is 0.656. The van der Waals surface area contributed by atoms with E-state index in [0.29, 0.717) is 15.9 Å². The van der Waals surface area contributed by atoms with E-state index in [1.165, 1.54) is 27.6 Å². The fraction of sp³-hybridized carbons (Fsp3) is 0.409. The SMILES string of the molecule is COCCn1c(=O)c2c3c(sc2n(CC(=O)Nc2cccc(C)c2)c1=O)CCCC3. The van der Waals surface area contributed by atoms with Crippen LogP contribution in [0.5, 0.6) is 0 Å². The maximum atomic E-state index is 13.2. The van der Waals surface area contributed by atoms with E-state index in [4.69, 9.17) is 4.74 Å². The Labute approximate surface area is 177 Å². The van der Waals surface area contributed by atoms with Gasteiger partial charge in [0, 0.05) is 17.7 Å². The summed E-state index contributed by atoms with van der Waals surface area (Å²) < 4.78 is 7.74. The monoisotopic (exact) mass is 427 g/mol. The van der Waals surface area contributed by atoms with Gasteiger partial charge in [0.25, 0.3) is 5.56 Å². The zero-order valence-electron chi connectivity index (χ0n) is 17.2. The van der Waals surface area contributed by atoms with Gasteiger partial charge in [-0.05, 0) is 55.9 Å². The number of thiophene rings is 1. The number of carbonyl (C=O) groups excluding carboxylic acids is 1. The van der Waals surface area contributed by atoms with Gasteiger partial charge in [-0.25, -0.2) is 4.79 Å². The van der Waals surface area contributed by atoms with Gasteiger partial charge in [-0.1, -0.05) is 12.1 Å². The first kappa shape index (κ1) is 20.6. The largest absolute Gasteiger partial charge is 0.383 e. The average molecular weight is 428 g/mol. The molecule has 1 aromatic carbocycles. The number of hydrogen-bond donors (Lipinski definition) is 1. The number of anilines is 1. The molecular formula is C22H25N3O4S. The molecule has 1 aliphatic rings. The summed E-state index contributed by atoms with van der Waals surface area (Å²) in [7, 11) is 1.53. The first-order chi connectivity index (χ1) is 14.5. The standard InChI is InChI=1S/C22H25N3O4S/c1-14-6-5-7-15(12-14)23-18(26)13-25-21-19(16-8-3-4-9-17(16)30-21)20(27)24(22(25)28)10-11-29-2/h5-7,12H,3-4,8-11,13H2,1-2H3,(H,23,26). The number of amides is 1. The number of nitrogens with zero attached hydrogens (tertiary/aromatic N) is 2. The lowest BCUT2D eigenvalue weighted by atomic mass is 9.97. The van der Waals surface area contributed by atoms with Crippen LogP contribution in [0.4, 0.5) is 5.69 Å². The lowest BCUT2D eigenvalue weighted by Crippen LogP contribution is -2.42. The molecule has 4 rings (SSSR count). The molecule has 1 amide bonds. The van der Waals surface area contributed by atoms with Crippen LogP contribution in [-0.4, -0.2) is 28.8 Å². The Bertz CT molecular complexity index is 1220. The Morgan fingerprint density at radius 1 is 1.20 bits per heavy atom. The third kappa shape index (κ3) is 3.85. The Kier molecular flexibility index (Phi) is 5.87. The molecule has 8 heteroatoms. The average Bonchev–Trinajstić information content (AvgIpc) is 3.11. The lowest BCUT2D eigenvalue weighted by Gasteiger charge is -2.13. The van der Waals surface area contributed by atoms with Gasteiger partial charge < -0.3 is 10.1 Å². The number of ether oxygens (including phenoxy) is 1. The third-order valence-corrected chi connectivity index (χ3v) is 6.76. The zero-order valence-corrected chi connectivity index (χ0v) is 18.0. The van der Waals surface area contributed by atoms with Crippen molar-refractivity contribution >= 4 is 33.1 Å². The molecule has 0 unspecified atom stereocenters. The van der Waals surface area contributed by atoms with Crippen molar-refractivity contribution in [3.05, 3.63) is 61.1 Å². The summed E-state index contributed by atoms with van der Waals surface area (Å²) in [5.41, 5.74) is 2.02. The normalized spacial score (nSPS) is 13.4. The first-order valence-corrected chi connectivity index (χ1v) is 10.9. The Hall–Kier alpha value is -2.71. The molecule has 2 heterocycles. The molecule has 158 valence electrons. The minimum atomic E-state index is -0.470. The number of methoxy groups -OCH3 is 1. The van der Waals surface area contributed by atoms with E-state index in [-0.39, 0.29) is 31.2 Å². The highest BCUT2D eigenvalue weighted by Crippen LogP contribution is 2.34. The van der Waals surface area contributed by atoms with E-state index < -0.39 is 5.69 Å². The lowest BCUT2D eigenvalue weighted by molar-refractivity contribution is -0.116. The molecule has 7 nitrogen and oxygen atoms in total. The maximum Gasteiger partial charge on any atom is 0.332 e. The summed E-state index contributed by atoms with van der Waals surface area (Å²) in [6.07, 6.45) is 3.86. The van der Waals surface area contributed by atoms with Gasteiger partial charge in [-0.2, -0.15) is 0 Å². The molecular weight excluding hydrogens is 402 g/mol. The van der Waals surface area contributed by atoms with Crippen molar-refractivity contribution in [1.82, 2.24) is 9.13 Å². The number of hydrogen-bond acceptors (Lipinski definition) is 5. The molecule has 2 aromatic heterocycles. The van der Waals surface area contributed by atoms with Gasteiger partial charge in [0.15, 0.2) is 0 Å². The molecule has 0 fully saturated rings. The van der Waals surface area contributed by atoms with Crippen molar-refractivity contribution in [1.29, 1.82) is 0 Å². The van der Waals surface area contributed by atoms with E-state index in [2.05, 4.69) is 5.32 Å². The number of benzene rings is 1.